The average molecular weight is 205 g/mol. The van der Waals surface area contributed by atoms with Crippen LogP contribution >= 0.6 is 0 Å². The van der Waals surface area contributed by atoms with Crippen molar-refractivity contribution in [3.63, 3.8) is 0 Å². The van der Waals surface area contributed by atoms with Gasteiger partial charge < -0.3 is 5.32 Å². The SMILES string of the molecule is C#CC(C)NC1CCC2CCCCC2C1. The largest absolute Gasteiger partial charge is 0.301 e. The molecule has 0 aromatic heterocycles. The van der Waals surface area contributed by atoms with E-state index in [0.717, 1.165) is 11.8 Å². The normalized spacial score (nSPS) is 37.7. The molecule has 4 atom stereocenters. The topological polar surface area (TPSA) is 12.0 Å². The summed E-state index contributed by atoms with van der Waals surface area (Å²) in [6.45, 7) is 2.09. The standard InChI is InChI=1S/C14H23N/c1-3-11(2)15-14-9-8-12-6-4-5-7-13(12)10-14/h1,11-15H,4-10H2,2H3. The van der Waals surface area contributed by atoms with E-state index >= 15 is 0 Å². The van der Waals surface area contributed by atoms with Gasteiger partial charge in [-0.25, -0.2) is 0 Å². The molecular weight excluding hydrogens is 182 g/mol. The lowest BCUT2D eigenvalue weighted by Gasteiger charge is -2.40. The zero-order valence-electron chi connectivity index (χ0n) is 9.84. The number of rotatable bonds is 2. The Morgan fingerprint density at radius 2 is 1.87 bits per heavy atom. The first-order valence-corrected chi connectivity index (χ1v) is 6.51. The van der Waals surface area contributed by atoms with Crippen LogP contribution in [0.4, 0.5) is 0 Å². The second-order valence-corrected chi connectivity index (χ2v) is 5.37. The van der Waals surface area contributed by atoms with Crippen molar-refractivity contribution in [1.82, 2.24) is 5.32 Å². The lowest BCUT2D eigenvalue weighted by Crippen LogP contribution is -2.42. The molecule has 0 saturated heterocycles. The van der Waals surface area contributed by atoms with E-state index in [4.69, 9.17) is 6.42 Å². The number of hydrogen-bond donors (Lipinski definition) is 1. The first kappa shape index (κ1) is 11.0. The van der Waals surface area contributed by atoms with Crippen molar-refractivity contribution in [3.8, 4) is 12.3 Å². The van der Waals surface area contributed by atoms with Gasteiger partial charge in [-0.2, -0.15) is 0 Å². The highest BCUT2D eigenvalue weighted by Crippen LogP contribution is 2.40. The van der Waals surface area contributed by atoms with Crippen molar-refractivity contribution >= 4 is 0 Å². The number of nitrogens with one attached hydrogen (secondary N) is 1. The molecule has 0 spiro atoms. The monoisotopic (exact) mass is 205 g/mol. The molecule has 2 rings (SSSR count). The Morgan fingerprint density at radius 1 is 1.13 bits per heavy atom. The molecule has 0 radical (unpaired) electrons. The van der Waals surface area contributed by atoms with Gasteiger partial charge >= 0.3 is 0 Å². The third-order valence-corrected chi connectivity index (χ3v) is 4.28. The van der Waals surface area contributed by atoms with Crippen LogP contribution in [0.3, 0.4) is 0 Å². The fraction of sp³-hybridized carbons (Fsp3) is 0.857. The molecule has 0 bridgehead atoms. The first-order valence-electron chi connectivity index (χ1n) is 6.51. The van der Waals surface area contributed by atoms with Crippen LogP contribution < -0.4 is 5.32 Å². The van der Waals surface area contributed by atoms with Crippen molar-refractivity contribution in [1.29, 1.82) is 0 Å². The maximum atomic E-state index is 5.41. The van der Waals surface area contributed by atoms with Crippen LogP contribution in [0.1, 0.15) is 51.9 Å². The van der Waals surface area contributed by atoms with Gasteiger partial charge in [-0.05, 0) is 38.0 Å². The molecule has 1 heteroatoms. The Labute approximate surface area is 94.0 Å². The smallest absolute Gasteiger partial charge is 0.0660 e. The minimum atomic E-state index is 0.246. The molecule has 4 unspecified atom stereocenters. The molecule has 0 heterocycles. The van der Waals surface area contributed by atoms with Gasteiger partial charge in [0, 0.05) is 6.04 Å². The summed E-state index contributed by atoms with van der Waals surface area (Å²) >= 11 is 0. The third-order valence-electron chi connectivity index (χ3n) is 4.28. The molecular formula is C14H23N. The van der Waals surface area contributed by atoms with Crippen molar-refractivity contribution in [2.75, 3.05) is 0 Å². The molecule has 15 heavy (non-hydrogen) atoms. The summed E-state index contributed by atoms with van der Waals surface area (Å²) in [6.07, 6.45) is 15.4. The van der Waals surface area contributed by atoms with Crippen LogP contribution in [0.15, 0.2) is 0 Å². The zero-order chi connectivity index (χ0) is 10.7. The summed E-state index contributed by atoms with van der Waals surface area (Å²) in [5.74, 6) is 4.81. The lowest BCUT2D eigenvalue weighted by atomic mass is 9.69. The second-order valence-electron chi connectivity index (χ2n) is 5.37. The predicted molar refractivity (Wildman–Crippen MR) is 64.5 cm³/mol. The molecule has 2 aliphatic rings. The molecule has 2 aliphatic carbocycles. The molecule has 0 amide bonds. The van der Waals surface area contributed by atoms with E-state index < -0.39 is 0 Å². The van der Waals surface area contributed by atoms with Gasteiger partial charge in [0.05, 0.1) is 6.04 Å². The Hall–Kier alpha value is -0.480. The summed E-state index contributed by atoms with van der Waals surface area (Å²) in [6, 6.07) is 0.936. The molecule has 84 valence electrons. The molecule has 0 aliphatic heterocycles. The van der Waals surface area contributed by atoms with E-state index in [9.17, 15) is 0 Å². The Balaban J connectivity index is 1.83. The van der Waals surface area contributed by atoms with E-state index in [2.05, 4.69) is 18.2 Å². The molecule has 1 N–H and O–H groups in total. The summed E-state index contributed by atoms with van der Waals surface area (Å²) in [5, 5.41) is 3.57. The van der Waals surface area contributed by atoms with Crippen LogP contribution in [0.2, 0.25) is 0 Å². The predicted octanol–water partition coefficient (Wildman–Crippen LogP) is 2.96. The van der Waals surface area contributed by atoms with Gasteiger partial charge in [0.25, 0.3) is 0 Å². The molecule has 1 nitrogen and oxygen atoms in total. The fourth-order valence-electron chi connectivity index (χ4n) is 3.43. The average Bonchev–Trinajstić information content (AvgIpc) is 2.29. The summed E-state index contributed by atoms with van der Waals surface area (Å²) in [7, 11) is 0. The van der Waals surface area contributed by atoms with Crippen molar-refractivity contribution in [2.24, 2.45) is 11.8 Å². The number of terminal acetylenes is 1. The Kier molecular flexibility index (Phi) is 3.70. The molecule has 2 saturated carbocycles. The Morgan fingerprint density at radius 3 is 2.60 bits per heavy atom. The van der Waals surface area contributed by atoms with Gasteiger partial charge in [-0.3, -0.25) is 0 Å². The van der Waals surface area contributed by atoms with Crippen molar-refractivity contribution < 1.29 is 0 Å². The van der Waals surface area contributed by atoms with Crippen LogP contribution in [0, 0.1) is 24.2 Å². The maximum absolute atomic E-state index is 5.41. The highest BCUT2D eigenvalue weighted by atomic mass is 14.9. The van der Waals surface area contributed by atoms with E-state index in [0.29, 0.717) is 6.04 Å². The van der Waals surface area contributed by atoms with Gasteiger partial charge in [0.1, 0.15) is 0 Å². The lowest BCUT2D eigenvalue weighted by molar-refractivity contribution is 0.142. The number of hydrogen-bond acceptors (Lipinski definition) is 1. The van der Waals surface area contributed by atoms with Crippen LogP contribution in [-0.2, 0) is 0 Å². The fourth-order valence-corrected chi connectivity index (χ4v) is 3.43. The van der Waals surface area contributed by atoms with Gasteiger partial charge in [-0.1, -0.05) is 31.6 Å². The first-order chi connectivity index (χ1) is 7.29. The minimum absolute atomic E-state index is 0.246. The van der Waals surface area contributed by atoms with Gasteiger partial charge in [0.15, 0.2) is 0 Å². The maximum Gasteiger partial charge on any atom is 0.0660 e. The minimum Gasteiger partial charge on any atom is -0.301 e. The summed E-state index contributed by atoms with van der Waals surface area (Å²) in [4.78, 5) is 0. The van der Waals surface area contributed by atoms with E-state index in [-0.39, 0.29) is 6.04 Å². The van der Waals surface area contributed by atoms with Crippen LogP contribution in [0.5, 0.6) is 0 Å². The van der Waals surface area contributed by atoms with Crippen molar-refractivity contribution in [3.05, 3.63) is 0 Å². The number of fused-ring (bicyclic) bond motifs is 1. The molecule has 0 aromatic carbocycles. The van der Waals surface area contributed by atoms with E-state index in [1.807, 2.05) is 0 Å². The van der Waals surface area contributed by atoms with Gasteiger partial charge in [0.2, 0.25) is 0 Å². The highest BCUT2D eigenvalue weighted by molar-refractivity contribution is 4.98. The quantitative estimate of drug-likeness (QED) is 0.683. The summed E-state index contributed by atoms with van der Waals surface area (Å²) < 4.78 is 0. The Bertz CT molecular complexity index is 240. The zero-order valence-corrected chi connectivity index (χ0v) is 9.84. The van der Waals surface area contributed by atoms with Crippen molar-refractivity contribution in [2.45, 2.75) is 64.0 Å². The van der Waals surface area contributed by atoms with Crippen LogP contribution in [0.25, 0.3) is 0 Å². The van der Waals surface area contributed by atoms with Crippen LogP contribution in [-0.4, -0.2) is 12.1 Å². The summed E-state index contributed by atoms with van der Waals surface area (Å²) in [5.41, 5.74) is 0. The highest BCUT2D eigenvalue weighted by Gasteiger charge is 2.32. The molecule has 2 fully saturated rings. The third kappa shape index (κ3) is 2.75. The van der Waals surface area contributed by atoms with E-state index in [1.54, 1.807) is 0 Å². The van der Waals surface area contributed by atoms with Gasteiger partial charge in [-0.15, -0.1) is 6.42 Å². The molecule has 0 aromatic rings. The van der Waals surface area contributed by atoms with E-state index in [1.165, 1.54) is 44.9 Å². The second kappa shape index (κ2) is 5.03.